The molecule has 0 spiro atoms. The molecule has 0 fully saturated rings. The molecule has 0 bridgehead atoms. The molecular formula is C12H12BrN3O3. The summed E-state index contributed by atoms with van der Waals surface area (Å²) in [7, 11) is 1.57. The van der Waals surface area contributed by atoms with Crippen LogP contribution in [0, 0.1) is 6.92 Å². The maximum absolute atomic E-state index is 11.9. The number of benzene rings is 1. The normalized spacial score (nSPS) is 10.3. The van der Waals surface area contributed by atoms with Gasteiger partial charge in [0.15, 0.2) is 5.82 Å². The van der Waals surface area contributed by atoms with Crippen LogP contribution >= 0.6 is 15.9 Å². The smallest absolute Gasteiger partial charge is 0.251 e. The topological polar surface area (TPSA) is 77.2 Å². The number of carbonyl (C=O) groups excluding carboxylic acids is 1. The van der Waals surface area contributed by atoms with Crippen LogP contribution in [0.4, 0.5) is 0 Å². The Hall–Kier alpha value is -1.89. The fraction of sp³-hybridized carbons (Fsp3) is 0.250. The van der Waals surface area contributed by atoms with Gasteiger partial charge in [-0.15, -0.1) is 0 Å². The van der Waals surface area contributed by atoms with Crippen molar-refractivity contribution in [2.75, 3.05) is 7.11 Å². The van der Waals surface area contributed by atoms with Crippen molar-refractivity contribution < 1.29 is 14.1 Å². The van der Waals surface area contributed by atoms with E-state index < -0.39 is 0 Å². The second kappa shape index (κ2) is 5.83. The number of halogens is 1. The molecule has 19 heavy (non-hydrogen) atoms. The Balaban J connectivity index is 2.01. The molecule has 0 unspecified atom stereocenters. The summed E-state index contributed by atoms with van der Waals surface area (Å²) in [6, 6.07) is 5.08. The molecule has 0 aliphatic rings. The molecule has 1 amide bonds. The van der Waals surface area contributed by atoms with Crippen molar-refractivity contribution in [3.8, 4) is 5.75 Å². The summed E-state index contributed by atoms with van der Waals surface area (Å²) in [6.07, 6.45) is 0. The number of aromatic nitrogens is 2. The molecule has 100 valence electrons. The first-order valence-electron chi connectivity index (χ1n) is 5.51. The minimum absolute atomic E-state index is 0.198. The molecule has 0 atom stereocenters. The number of rotatable bonds is 4. The van der Waals surface area contributed by atoms with Gasteiger partial charge in [-0.05, 0) is 41.1 Å². The molecule has 1 N–H and O–H groups in total. The van der Waals surface area contributed by atoms with Crippen LogP contribution in [0.3, 0.4) is 0 Å². The third-order valence-electron chi connectivity index (χ3n) is 2.38. The summed E-state index contributed by atoms with van der Waals surface area (Å²) in [6.45, 7) is 1.92. The largest absolute Gasteiger partial charge is 0.496 e. The maximum Gasteiger partial charge on any atom is 0.251 e. The Morgan fingerprint density at radius 3 is 2.89 bits per heavy atom. The van der Waals surface area contributed by atoms with E-state index >= 15 is 0 Å². The molecule has 7 heteroatoms. The number of nitrogens with one attached hydrogen (secondary N) is 1. The standard InChI is InChI=1S/C12H12BrN3O3/c1-7-15-11(19-16-7)6-14-12(17)8-3-4-10(18-2)9(13)5-8/h3-5H,6H2,1-2H3,(H,14,17). The zero-order valence-corrected chi connectivity index (χ0v) is 12.0. The molecule has 0 aliphatic heterocycles. The van der Waals surface area contributed by atoms with Crippen molar-refractivity contribution in [3.63, 3.8) is 0 Å². The molecule has 2 aromatic rings. The molecule has 0 aliphatic carbocycles. The maximum atomic E-state index is 11.9. The van der Waals surface area contributed by atoms with Crippen LogP contribution in [0.1, 0.15) is 22.1 Å². The fourth-order valence-electron chi connectivity index (χ4n) is 1.48. The van der Waals surface area contributed by atoms with Gasteiger partial charge >= 0.3 is 0 Å². The van der Waals surface area contributed by atoms with Gasteiger partial charge in [0.2, 0.25) is 5.89 Å². The highest BCUT2D eigenvalue weighted by Crippen LogP contribution is 2.25. The minimum atomic E-state index is -0.223. The first-order valence-corrected chi connectivity index (χ1v) is 6.30. The highest BCUT2D eigenvalue weighted by atomic mass is 79.9. The van der Waals surface area contributed by atoms with Gasteiger partial charge in [-0.3, -0.25) is 4.79 Å². The summed E-state index contributed by atoms with van der Waals surface area (Å²) < 4.78 is 10.7. The molecule has 0 saturated heterocycles. The summed E-state index contributed by atoms with van der Waals surface area (Å²) in [5.74, 6) is 1.36. The van der Waals surface area contributed by atoms with E-state index in [4.69, 9.17) is 9.26 Å². The average molecular weight is 326 g/mol. The van der Waals surface area contributed by atoms with E-state index in [0.717, 1.165) is 4.47 Å². The van der Waals surface area contributed by atoms with Crippen molar-refractivity contribution in [2.45, 2.75) is 13.5 Å². The van der Waals surface area contributed by atoms with Crippen molar-refractivity contribution in [2.24, 2.45) is 0 Å². The molecule has 0 radical (unpaired) electrons. The SMILES string of the molecule is COc1ccc(C(=O)NCc2nc(C)no2)cc1Br. The van der Waals surface area contributed by atoms with Crippen molar-refractivity contribution in [3.05, 3.63) is 40.0 Å². The van der Waals surface area contributed by atoms with E-state index in [0.29, 0.717) is 23.0 Å². The molecule has 6 nitrogen and oxygen atoms in total. The van der Waals surface area contributed by atoms with Crippen molar-refractivity contribution >= 4 is 21.8 Å². The zero-order valence-electron chi connectivity index (χ0n) is 10.4. The quantitative estimate of drug-likeness (QED) is 0.931. The van der Waals surface area contributed by atoms with Crippen LogP contribution in [0.15, 0.2) is 27.2 Å². The molecular weight excluding hydrogens is 314 g/mol. The Kier molecular flexibility index (Phi) is 4.16. The second-order valence-electron chi connectivity index (χ2n) is 3.77. The van der Waals surface area contributed by atoms with Crippen LogP contribution in [0.2, 0.25) is 0 Å². The van der Waals surface area contributed by atoms with Gasteiger partial charge in [-0.25, -0.2) is 0 Å². The number of amides is 1. The van der Waals surface area contributed by atoms with Crippen molar-refractivity contribution in [1.82, 2.24) is 15.5 Å². The van der Waals surface area contributed by atoms with Crippen molar-refractivity contribution in [1.29, 1.82) is 0 Å². The lowest BCUT2D eigenvalue weighted by Crippen LogP contribution is -2.22. The van der Waals surface area contributed by atoms with Gasteiger partial charge in [-0.2, -0.15) is 4.98 Å². The third kappa shape index (κ3) is 3.31. The van der Waals surface area contributed by atoms with Gasteiger partial charge in [0, 0.05) is 5.56 Å². The number of aryl methyl sites for hydroxylation is 1. The Morgan fingerprint density at radius 1 is 1.53 bits per heavy atom. The number of ether oxygens (including phenoxy) is 1. The van der Waals surface area contributed by atoms with E-state index in [1.807, 2.05) is 0 Å². The summed E-state index contributed by atoms with van der Waals surface area (Å²) in [5, 5.41) is 6.34. The number of carbonyl (C=O) groups is 1. The van der Waals surface area contributed by atoms with E-state index in [-0.39, 0.29) is 12.5 Å². The van der Waals surface area contributed by atoms with Gasteiger partial charge < -0.3 is 14.6 Å². The first-order chi connectivity index (χ1) is 9.10. The lowest BCUT2D eigenvalue weighted by Gasteiger charge is -2.06. The monoisotopic (exact) mass is 325 g/mol. The lowest BCUT2D eigenvalue weighted by atomic mass is 10.2. The lowest BCUT2D eigenvalue weighted by molar-refractivity contribution is 0.0946. The number of methoxy groups -OCH3 is 1. The van der Waals surface area contributed by atoms with Crippen LogP contribution < -0.4 is 10.1 Å². The Morgan fingerprint density at radius 2 is 2.32 bits per heavy atom. The third-order valence-corrected chi connectivity index (χ3v) is 3.00. The van der Waals surface area contributed by atoms with Gasteiger partial charge in [-0.1, -0.05) is 5.16 Å². The Bertz CT molecular complexity index is 598. The Labute approximate surface area is 118 Å². The van der Waals surface area contributed by atoms with Crippen LogP contribution in [-0.2, 0) is 6.54 Å². The molecule has 2 rings (SSSR count). The highest BCUT2D eigenvalue weighted by molar-refractivity contribution is 9.10. The zero-order chi connectivity index (χ0) is 13.8. The minimum Gasteiger partial charge on any atom is -0.496 e. The fourth-order valence-corrected chi connectivity index (χ4v) is 2.02. The molecule has 1 aromatic heterocycles. The van der Waals surface area contributed by atoms with Crippen LogP contribution in [0.5, 0.6) is 5.75 Å². The second-order valence-corrected chi connectivity index (χ2v) is 4.62. The van der Waals surface area contributed by atoms with E-state index in [9.17, 15) is 4.79 Å². The summed E-state index contributed by atoms with van der Waals surface area (Å²) in [4.78, 5) is 15.9. The molecule has 0 saturated carbocycles. The van der Waals surface area contributed by atoms with E-state index in [1.54, 1.807) is 32.2 Å². The van der Waals surface area contributed by atoms with Gasteiger partial charge in [0.1, 0.15) is 5.75 Å². The van der Waals surface area contributed by atoms with Crippen LogP contribution in [0.25, 0.3) is 0 Å². The highest BCUT2D eigenvalue weighted by Gasteiger charge is 2.10. The molecule has 1 heterocycles. The average Bonchev–Trinajstić information content (AvgIpc) is 2.81. The number of nitrogens with zero attached hydrogens (tertiary/aromatic N) is 2. The summed E-state index contributed by atoms with van der Waals surface area (Å²) >= 11 is 3.33. The predicted molar refractivity (Wildman–Crippen MR) is 70.9 cm³/mol. The van der Waals surface area contributed by atoms with Crippen LogP contribution in [-0.4, -0.2) is 23.2 Å². The first kappa shape index (κ1) is 13.5. The van der Waals surface area contributed by atoms with Gasteiger partial charge in [0.25, 0.3) is 5.91 Å². The summed E-state index contributed by atoms with van der Waals surface area (Å²) in [5.41, 5.74) is 0.518. The van der Waals surface area contributed by atoms with E-state index in [1.165, 1.54) is 0 Å². The predicted octanol–water partition coefficient (Wildman–Crippen LogP) is 2.08. The van der Waals surface area contributed by atoms with Gasteiger partial charge in [0.05, 0.1) is 18.1 Å². The number of hydrogen-bond donors (Lipinski definition) is 1. The van der Waals surface area contributed by atoms with E-state index in [2.05, 4.69) is 31.4 Å². The molecule has 1 aromatic carbocycles. The number of hydrogen-bond acceptors (Lipinski definition) is 5.